The third kappa shape index (κ3) is 3.02. The van der Waals surface area contributed by atoms with Crippen LogP contribution in [0.3, 0.4) is 0 Å². The molecule has 1 N–H and O–H groups in total. The highest BCUT2D eigenvalue weighted by Crippen LogP contribution is 2.18. The Kier molecular flexibility index (Phi) is 3.55. The number of nitrogens with zero attached hydrogens (tertiary/aromatic N) is 4. The van der Waals surface area contributed by atoms with Crippen molar-refractivity contribution in [2.75, 3.05) is 5.32 Å². The zero-order valence-electron chi connectivity index (χ0n) is 11.9. The first-order valence-corrected chi connectivity index (χ1v) is 6.66. The molecule has 0 bridgehead atoms. The SMILES string of the molecule is Cc1cnc(-c2ccc(Nc3cccnc3)nc2)nc1C. The van der Waals surface area contributed by atoms with Crippen LogP contribution in [0.5, 0.6) is 0 Å². The fourth-order valence-corrected chi connectivity index (χ4v) is 1.85. The van der Waals surface area contributed by atoms with E-state index in [-0.39, 0.29) is 0 Å². The summed E-state index contributed by atoms with van der Waals surface area (Å²) >= 11 is 0. The summed E-state index contributed by atoms with van der Waals surface area (Å²) in [6.07, 6.45) is 7.09. The average molecular weight is 277 g/mol. The standard InChI is InChI=1S/C16H15N5/c1-11-8-19-16(20-12(11)2)13-5-6-15(18-9-13)21-14-4-3-7-17-10-14/h3-10H,1-2H3,(H,18,21). The van der Waals surface area contributed by atoms with Gasteiger partial charge in [0.15, 0.2) is 5.82 Å². The highest BCUT2D eigenvalue weighted by Gasteiger charge is 2.04. The van der Waals surface area contributed by atoms with E-state index in [2.05, 4.69) is 25.3 Å². The average Bonchev–Trinajstić information content (AvgIpc) is 2.52. The van der Waals surface area contributed by atoms with Gasteiger partial charge in [0.1, 0.15) is 5.82 Å². The van der Waals surface area contributed by atoms with E-state index in [0.29, 0.717) is 5.82 Å². The highest BCUT2D eigenvalue weighted by atomic mass is 15.0. The smallest absolute Gasteiger partial charge is 0.160 e. The minimum absolute atomic E-state index is 0.693. The summed E-state index contributed by atoms with van der Waals surface area (Å²) in [4.78, 5) is 17.3. The molecule has 21 heavy (non-hydrogen) atoms. The van der Waals surface area contributed by atoms with Crippen molar-refractivity contribution in [2.24, 2.45) is 0 Å². The molecule has 5 nitrogen and oxygen atoms in total. The van der Waals surface area contributed by atoms with E-state index in [9.17, 15) is 0 Å². The largest absolute Gasteiger partial charge is 0.339 e. The van der Waals surface area contributed by atoms with Gasteiger partial charge in [0.05, 0.1) is 11.9 Å². The van der Waals surface area contributed by atoms with E-state index in [1.54, 1.807) is 18.6 Å². The lowest BCUT2D eigenvalue weighted by Gasteiger charge is -2.06. The van der Waals surface area contributed by atoms with Gasteiger partial charge >= 0.3 is 0 Å². The van der Waals surface area contributed by atoms with E-state index in [0.717, 1.165) is 28.3 Å². The molecule has 0 atom stereocenters. The molecule has 0 saturated heterocycles. The molecule has 0 saturated carbocycles. The van der Waals surface area contributed by atoms with Crippen LogP contribution in [0, 0.1) is 13.8 Å². The van der Waals surface area contributed by atoms with Crippen LogP contribution in [-0.4, -0.2) is 19.9 Å². The molecule has 3 aromatic rings. The molecule has 0 aliphatic heterocycles. The molecule has 0 radical (unpaired) electrons. The summed E-state index contributed by atoms with van der Waals surface area (Å²) in [6.45, 7) is 3.98. The van der Waals surface area contributed by atoms with Crippen LogP contribution in [0.2, 0.25) is 0 Å². The Bertz CT molecular complexity index is 738. The first-order valence-electron chi connectivity index (χ1n) is 6.66. The van der Waals surface area contributed by atoms with Crippen molar-refractivity contribution in [1.82, 2.24) is 19.9 Å². The fraction of sp³-hybridized carbons (Fsp3) is 0.125. The lowest BCUT2D eigenvalue weighted by molar-refractivity contribution is 1.07. The predicted octanol–water partition coefficient (Wildman–Crippen LogP) is 3.29. The maximum Gasteiger partial charge on any atom is 0.160 e. The van der Waals surface area contributed by atoms with Gasteiger partial charge in [-0.05, 0) is 43.7 Å². The Labute approximate surface area is 123 Å². The van der Waals surface area contributed by atoms with Crippen molar-refractivity contribution in [3.8, 4) is 11.4 Å². The summed E-state index contributed by atoms with van der Waals surface area (Å²) in [5, 5.41) is 3.19. The number of pyridine rings is 2. The summed E-state index contributed by atoms with van der Waals surface area (Å²) < 4.78 is 0. The first kappa shape index (κ1) is 13.2. The van der Waals surface area contributed by atoms with E-state index in [1.165, 1.54) is 0 Å². The normalized spacial score (nSPS) is 10.4. The van der Waals surface area contributed by atoms with Gasteiger partial charge < -0.3 is 5.32 Å². The van der Waals surface area contributed by atoms with Crippen molar-refractivity contribution in [2.45, 2.75) is 13.8 Å². The minimum Gasteiger partial charge on any atom is -0.339 e. The van der Waals surface area contributed by atoms with Gasteiger partial charge in [-0.15, -0.1) is 0 Å². The number of hydrogen-bond donors (Lipinski definition) is 1. The number of anilines is 2. The van der Waals surface area contributed by atoms with E-state index < -0.39 is 0 Å². The third-order valence-corrected chi connectivity index (χ3v) is 3.18. The molecule has 3 rings (SSSR count). The van der Waals surface area contributed by atoms with E-state index in [1.807, 2.05) is 44.3 Å². The summed E-state index contributed by atoms with van der Waals surface area (Å²) in [7, 11) is 0. The van der Waals surface area contributed by atoms with Gasteiger partial charge in [0.25, 0.3) is 0 Å². The molecule has 3 aromatic heterocycles. The molecule has 0 unspecified atom stereocenters. The van der Waals surface area contributed by atoms with Crippen LogP contribution in [0.25, 0.3) is 11.4 Å². The van der Waals surface area contributed by atoms with E-state index in [4.69, 9.17) is 0 Å². The second kappa shape index (κ2) is 5.66. The van der Waals surface area contributed by atoms with Gasteiger partial charge in [-0.3, -0.25) is 4.98 Å². The molecule has 0 spiro atoms. The third-order valence-electron chi connectivity index (χ3n) is 3.18. The maximum atomic E-state index is 4.48. The molecule has 0 amide bonds. The van der Waals surface area contributed by atoms with Crippen LogP contribution < -0.4 is 5.32 Å². The number of aryl methyl sites for hydroxylation is 2. The Morgan fingerprint density at radius 3 is 2.52 bits per heavy atom. The van der Waals surface area contributed by atoms with Crippen molar-refractivity contribution in [3.63, 3.8) is 0 Å². The van der Waals surface area contributed by atoms with Gasteiger partial charge in [0.2, 0.25) is 0 Å². The summed E-state index contributed by atoms with van der Waals surface area (Å²) in [6, 6.07) is 7.67. The zero-order chi connectivity index (χ0) is 14.7. The molecule has 0 aliphatic carbocycles. The van der Waals surface area contributed by atoms with Crippen LogP contribution in [-0.2, 0) is 0 Å². The second-order valence-electron chi connectivity index (χ2n) is 4.76. The van der Waals surface area contributed by atoms with Crippen LogP contribution in [0.1, 0.15) is 11.3 Å². The molecule has 3 heterocycles. The molecular weight excluding hydrogens is 262 g/mol. The molecule has 0 fully saturated rings. The molecule has 5 heteroatoms. The summed E-state index contributed by atoms with van der Waals surface area (Å²) in [5.74, 6) is 1.45. The van der Waals surface area contributed by atoms with Crippen LogP contribution in [0.15, 0.2) is 49.1 Å². The molecule has 104 valence electrons. The Morgan fingerprint density at radius 1 is 0.952 bits per heavy atom. The molecular formula is C16H15N5. The van der Waals surface area contributed by atoms with Crippen molar-refractivity contribution in [1.29, 1.82) is 0 Å². The highest BCUT2D eigenvalue weighted by molar-refractivity contribution is 5.60. The number of hydrogen-bond acceptors (Lipinski definition) is 5. The monoisotopic (exact) mass is 277 g/mol. The molecule has 0 aromatic carbocycles. The quantitative estimate of drug-likeness (QED) is 0.795. The fourth-order valence-electron chi connectivity index (χ4n) is 1.85. The topological polar surface area (TPSA) is 63.6 Å². The first-order chi connectivity index (χ1) is 10.2. The minimum atomic E-state index is 0.693. The Morgan fingerprint density at radius 2 is 1.86 bits per heavy atom. The van der Waals surface area contributed by atoms with Gasteiger partial charge in [-0.25, -0.2) is 15.0 Å². The van der Waals surface area contributed by atoms with Crippen LogP contribution >= 0.6 is 0 Å². The molecule has 0 aliphatic rings. The Balaban J connectivity index is 1.82. The maximum absolute atomic E-state index is 4.48. The zero-order valence-corrected chi connectivity index (χ0v) is 11.9. The van der Waals surface area contributed by atoms with Gasteiger partial charge in [0, 0.05) is 29.8 Å². The lowest BCUT2D eigenvalue weighted by Crippen LogP contribution is -1.97. The Hall–Kier alpha value is -2.82. The van der Waals surface area contributed by atoms with Crippen LogP contribution in [0.4, 0.5) is 11.5 Å². The number of aromatic nitrogens is 4. The van der Waals surface area contributed by atoms with Crippen molar-refractivity contribution < 1.29 is 0 Å². The summed E-state index contributed by atoms with van der Waals surface area (Å²) in [5.41, 5.74) is 3.87. The van der Waals surface area contributed by atoms with Crippen molar-refractivity contribution >= 4 is 11.5 Å². The second-order valence-corrected chi connectivity index (χ2v) is 4.76. The lowest BCUT2D eigenvalue weighted by atomic mass is 10.2. The number of nitrogens with one attached hydrogen (secondary N) is 1. The van der Waals surface area contributed by atoms with Crippen molar-refractivity contribution in [3.05, 3.63) is 60.3 Å². The predicted molar refractivity (Wildman–Crippen MR) is 82.3 cm³/mol. The van der Waals surface area contributed by atoms with Gasteiger partial charge in [-0.1, -0.05) is 0 Å². The van der Waals surface area contributed by atoms with E-state index >= 15 is 0 Å². The number of rotatable bonds is 3. The van der Waals surface area contributed by atoms with Gasteiger partial charge in [-0.2, -0.15) is 0 Å².